The predicted octanol–water partition coefficient (Wildman–Crippen LogP) is 5.45. The van der Waals surface area contributed by atoms with E-state index < -0.39 is 18.0 Å². The maximum Gasteiger partial charge on any atom is 0.284 e. The lowest BCUT2D eigenvalue weighted by atomic mass is 10.1. The van der Waals surface area contributed by atoms with Gasteiger partial charge in [0.05, 0.1) is 23.8 Å². The highest BCUT2D eigenvalue weighted by Gasteiger charge is 2.23. The van der Waals surface area contributed by atoms with E-state index in [2.05, 4.69) is 30.7 Å². The minimum Gasteiger partial charge on any atom is -0.444 e. The van der Waals surface area contributed by atoms with Crippen molar-refractivity contribution in [3.63, 3.8) is 0 Å². The van der Waals surface area contributed by atoms with Crippen molar-refractivity contribution in [1.82, 2.24) is 24.7 Å². The SMILES string of the molecule is CC(C)c1ccc(-n2cc(NC(=O)c3coc(-c4ccnc(NCC5CC5)c4)n3)c(C(F)F)n2)cn1. The lowest BCUT2D eigenvalue weighted by Crippen LogP contribution is -2.13. The Kier molecular flexibility index (Phi) is 6.45. The number of carbonyl (C=O) groups excluding carboxylic acids is 1. The lowest BCUT2D eigenvalue weighted by Gasteiger charge is -2.05. The molecule has 0 bridgehead atoms. The Morgan fingerprint density at radius 1 is 1.22 bits per heavy atom. The number of pyridine rings is 2. The quantitative estimate of drug-likeness (QED) is 0.319. The average molecular weight is 494 g/mol. The zero-order valence-electron chi connectivity index (χ0n) is 19.8. The molecule has 186 valence electrons. The van der Waals surface area contributed by atoms with Crippen molar-refractivity contribution in [3.8, 4) is 17.1 Å². The second-order valence-electron chi connectivity index (χ2n) is 9.02. The Morgan fingerprint density at radius 2 is 2.06 bits per heavy atom. The van der Waals surface area contributed by atoms with Crippen LogP contribution in [0.5, 0.6) is 0 Å². The number of aromatic nitrogens is 5. The number of rotatable bonds is 9. The molecule has 1 saturated carbocycles. The van der Waals surface area contributed by atoms with Crippen LogP contribution in [0.25, 0.3) is 17.1 Å². The smallest absolute Gasteiger partial charge is 0.284 e. The zero-order chi connectivity index (χ0) is 25.2. The van der Waals surface area contributed by atoms with Gasteiger partial charge < -0.3 is 15.1 Å². The highest BCUT2D eigenvalue weighted by atomic mass is 19.3. The Morgan fingerprint density at radius 3 is 2.75 bits per heavy atom. The van der Waals surface area contributed by atoms with Gasteiger partial charge in [-0.05, 0) is 48.9 Å². The minimum absolute atomic E-state index is 0.0507. The molecule has 0 atom stereocenters. The highest BCUT2D eigenvalue weighted by Crippen LogP contribution is 2.30. The summed E-state index contributed by atoms with van der Waals surface area (Å²) in [4.78, 5) is 25.7. The summed E-state index contributed by atoms with van der Waals surface area (Å²) in [6, 6.07) is 7.05. The van der Waals surface area contributed by atoms with Crippen molar-refractivity contribution in [1.29, 1.82) is 0 Å². The van der Waals surface area contributed by atoms with Crippen LogP contribution in [-0.4, -0.2) is 37.2 Å². The first-order valence-corrected chi connectivity index (χ1v) is 11.7. The van der Waals surface area contributed by atoms with Gasteiger partial charge >= 0.3 is 0 Å². The van der Waals surface area contributed by atoms with Crippen molar-refractivity contribution in [2.45, 2.75) is 39.0 Å². The number of alkyl halides is 2. The van der Waals surface area contributed by atoms with Gasteiger partial charge in [0, 0.05) is 24.0 Å². The normalized spacial score (nSPS) is 13.4. The van der Waals surface area contributed by atoms with Gasteiger partial charge in [-0.2, -0.15) is 5.10 Å². The molecule has 0 aliphatic heterocycles. The summed E-state index contributed by atoms with van der Waals surface area (Å²) >= 11 is 0. The highest BCUT2D eigenvalue weighted by molar-refractivity contribution is 6.03. The van der Waals surface area contributed by atoms with Gasteiger partial charge in [0.1, 0.15) is 12.1 Å². The van der Waals surface area contributed by atoms with Crippen molar-refractivity contribution in [2.75, 3.05) is 17.2 Å². The molecular formula is C25H25F2N7O2. The third kappa shape index (κ3) is 5.24. The van der Waals surface area contributed by atoms with Crippen LogP contribution < -0.4 is 10.6 Å². The molecule has 0 aromatic carbocycles. The number of hydrogen-bond acceptors (Lipinski definition) is 7. The fourth-order valence-corrected chi connectivity index (χ4v) is 3.58. The van der Waals surface area contributed by atoms with Crippen molar-refractivity contribution in [2.24, 2.45) is 5.92 Å². The van der Waals surface area contributed by atoms with E-state index in [-0.39, 0.29) is 23.2 Å². The molecule has 4 aromatic heterocycles. The molecule has 9 nitrogen and oxygen atoms in total. The summed E-state index contributed by atoms with van der Waals surface area (Å²) in [7, 11) is 0. The van der Waals surface area contributed by atoms with E-state index >= 15 is 0 Å². The topological polar surface area (TPSA) is 111 Å². The number of amides is 1. The van der Waals surface area contributed by atoms with Gasteiger partial charge in [0.15, 0.2) is 11.4 Å². The molecule has 0 unspecified atom stereocenters. The van der Waals surface area contributed by atoms with Gasteiger partial charge in [-0.1, -0.05) is 13.8 Å². The molecule has 1 aliphatic rings. The Hall–Kier alpha value is -4.15. The molecule has 1 fully saturated rings. The van der Waals surface area contributed by atoms with Crippen LogP contribution in [0.3, 0.4) is 0 Å². The van der Waals surface area contributed by atoms with Gasteiger partial charge in [0.25, 0.3) is 12.3 Å². The summed E-state index contributed by atoms with van der Waals surface area (Å²) < 4.78 is 34.1. The van der Waals surface area contributed by atoms with Crippen LogP contribution in [0.2, 0.25) is 0 Å². The number of carbonyl (C=O) groups is 1. The van der Waals surface area contributed by atoms with Crippen molar-refractivity contribution < 1.29 is 18.0 Å². The molecule has 0 radical (unpaired) electrons. The molecule has 4 heterocycles. The molecule has 2 N–H and O–H groups in total. The first-order chi connectivity index (χ1) is 17.4. The third-order valence-electron chi connectivity index (χ3n) is 5.84. The van der Waals surface area contributed by atoms with Crippen LogP contribution in [0, 0.1) is 5.92 Å². The molecule has 4 aromatic rings. The molecular weight excluding hydrogens is 468 g/mol. The maximum atomic E-state index is 13.7. The minimum atomic E-state index is -2.89. The van der Waals surface area contributed by atoms with E-state index in [4.69, 9.17) is 4.42 Å². The summed E-state index contributed by atoms with van der Waals surface area (Å²) in [5.74, 6) is 1.13. The second kappa shape index (κ2) is 9.84. The number of nitrogens with one attached hydrogen (secondary N) is 2. The summed E-state index contributed by atoms with van der Waals surface area (Å²) in [5, 5.41) is 9.70. The summed E-state index contributed by atoms with van der Waals surface area (Å²) in [6.45, 7) is 4.87. The van der Waals surface area contributed by atoms with Gasteiger partial charge in [-0.15, -0.1) is 0 Å². The summed E-state index contributed by atoms with van der Waals surface area (Å²) in [5.41, 5.74) is 1.28. The lowest BCUT2D eigenvalue weighted by molar-refractivity contribution is 0.102. The average Bonchev–Trinajstić information content (AvgIpc) is 3.39. The number of oxazole rings is 1. The van der Waals surface area contributed by atoms with Gasteiger partial charge in [-0.3, -0.25) is 9.78 Å². The molecule has 5 rings (SSSR count). The molecule has 1 amide bonds. The zero-order valence-corrected chi connectivity index (χ0v) is 19.8. The van der Waals surface area contributed by atoms with Gasteiger partial charge in [0.2, 0.25) is 5.89 Å². The fraction of sp³-hybridized carbons (Fsp3) is 0.320. The van der Waals surface area contributed by atoms with E-state index in [0.717, 1.165) is 12.2 Å². The first kappa shape index (κ1) is 23.6. The van der Waals surface area contributed by atoms with E-state index in [0.29, 0.717) is 23.0 Å². The van der Waals surface area contributed by atoms with Crippen LogP contribution in [0.15, 0.2) is 53.5 Å². The standard InChI is InChI=1S/C25H25F2N7O2/c1-14(2)18-6-5-17(11-29-18)34-12-19(22(33-34)23(26)27)31-24(35)20-13-36-25(32-20)16-7-8-28-21(9-16)30-10-15-3-4-15/h5-9,11-15,23H,3-4,10H2,1-2H3,(H,28,30)(H,31,35). The second-order valence-corrected chi connectivity index (χ2v) is 9.02. The van der Waals surface area contributed by atoms with E-state index in [9.17, 15) is 13.6 Å². The van der Waals surface area contributed by atoms with Crippen molar-refractivity contribution in [3.05, 3.63) is 66.2 Å². The number of hydrogen-bond donors (Lipinski definition) is 2. The molecule has 11 heteroatoms. The maximum absolute atomic E-state index is 13.7. The Bertz CT molecular complexity index is 1360. The molecule has 1 aliphatic carbocycles. The van der Waals surface area contributed by atoms with Crippen LogP contribution >= 0.6 is 0 Å². The number of nitrogens with zero attached hydrogens (tertiary/aromatic N) is 5. The van der Waals surface area contributed by atoms with E-state index in [1.807, 2.05) is 19.9 Å². The van der Waals surface area contributed by atoms with Gasteiger partial charge in [-0.25, -0.2) is 23.4 Å². The first-order valence-electron chi connectivity index (χ1n) is 11.7. The van der Waals surface area contributed by atoms with E-state index in [1.54, 1.807) is 30.6 Å². The third-order valence-corrected chi connectivity index (χ3v) is 5.84. The fourth-order valence-electron chi connectivity index (χ4n) is 3.58. The number of halogens is 2. The number of anilines is 2. The van der Waals surface area contributed by atoms with E-state index in [1.165, 1.54) is 30.0 Å². The molecule has 0 saturated heterocycles. The monoisotopic (exact) mass is 493 g/mol. The Labute approximate surface area is 206 Å². The largest absolute Gasteiger partial charge is 0.444 e. The van der Waals surface area contributed by atoms with Crippen LogP contribution in [-0.2, 0) is 0 Å². The predicted molar refractivity (Wildman–Crippen MR) is 129 cm³/mol. The molecule has 0 spiro atoms. The molecule has 36 heavy (non-hydrogen) atoms. The summed E-state index contributed by atoms with van der Waals surface area (Å²) in [6.07, 6.45) is 5.24. The Balaban J connectivity index is 1.32. The van der Waals surface area contributed by atoms with Crippen molar-refractivity contribution >= 4 is 17.4 Å². The van der Waals surface area contributed by atoms with Crippen LogP contribution in [0.1, 0.15) is 60.9 Å². The van der Waals surface area contributed by atoms with Crippen LogP contribution in [0.4, 0.5) is 20.3 Å².